The Balaban J connectivity index is 1.91. The minimum Gasteiger partial charge on any atom is -0.336 e. The van der Waals surface area contributed by atoms with Crippen molar-refractivity contribution in [1.29, 1.82) is 0 Å². The van der Waals surface area contributed by atoms with Gasteiger partial charge in [0.1, 0.15) is 6.04 Å². The lowest BCUT2D eigenvalue weighted by molar-refractivity contribution is -0.152. The molecule has 2 atom stereocenters. The topological polar surface area (TPSA) is 40.6 Å². The van der Waals surface area contributed by atoms with E-state index in [1.54, 1.807) is 4.90 Å². The summed E-state index contributed by atoms with van der Waals surface area (Å²) in [6, 6.07) is -0.00763. The predicted molar refractivity (Wildman–Crippen MR) is 74.6 cm³/mol. The van der Waals surface area contributed by atoms with Crippen LogP contribution in [0.3, 0.4) is 0 Å². The van der Waals surface area contributed by atoms with Gasteiger partial charge in [-0.25, -0.2) is 0 Å². The van der Waals surface area contributed by atoms with Crippen molar-refractivity contribution in [3.8, 4) is 0 Å². The maximum atomic E-state index is 12.2. The van der Waals surface area contributed by atoms with Gasteiger partial charge in [0.2, 0.25) is 11.8 Å². The van der Waals surface area contributed by atoms with Gasteiger partial charge in [-0.05, 0) is 39.5 Å². The number of hydrogen-bond donors (Lipinski definition) is 0. The van der Waals surface area contributed by atoms with E-state index in [2.05, 4.69) is 6.08 Å². The third kappa shape index (κ3) is 2.99. The average molecular weight is 264 g/mol. The van der Waals surface area contributed by atoms with Crippen LogP contribution in [-0.4, -0.2) is 46.8 Å². The van der Waals surface area contributed by atoms with E-state index in [0.717, 1.165) is 38.8 Å². The number of piperazine rings is 1. The molecule has 0 aliphatic carbocycles. The van der Waals surface area contributed by atoms with Gasteiger partial charge in [-0.15, -0.1) is 0 Å². The molecule has 0 saturated carbocycles. The molecule has 19 heavy (non-hydrogen) atoms. The minimum absolute atomic E-state index is 0.135. The van der Waals surface area contributed by atoms with Crippen LogP contribution in [0.5, 0.6) is 0 Å². The molecule has 106 valence electrons. The molecule has 0 spiro atoms. The third-order valence-corrected chi connectivity index (χ3v) is 4.21. The summed E-state index contributed by atoms with van der Waals surface area (Å²) in [7, 11) is 0. The Morgan fingerprint density at radius 1 is 1.47 bits per heavy atom. The van der Waals surface area contributed by atoms with Gasteiger partial charge in [0.15, 0.2) is 0 Å². The summed E-state index contributed by atoms with van der Waals surface area (Å²) in [5, 5.41) is 0. The molecule has 2 rings (SSSR count). The van der Waals surface area contributed by atoms with Gasteiger partial charge in [0.05, 0.1) is 0 Å². The fourth-order valence-electron chi connectivity index (χ4n) is 3.07. The van der Waals surface area contributed by atoms with Crippen LogP contribution in [-0.2, 0) is 9.59 Å². The van der Waals surface area contributed by atoms with Crippen LogP contribution < -0.4 is 0 Å². The molecule has 2 saturated heterocycles. The Morgan fingerprint density at radius 3 is 3.00 bits per heavy atom. The highest BCUT2D eigenvalue weighted by Crippen LogP contribution is 2.26. The molecule has 2 aliphatic rings. The van der Waals surface area contributed by atoms with E-state index in [9.17, 15) is 9.59 Å². The number of carbonyl (C=O) groups excluding carboxylic acids is 2. The highest BCUT2D eigenvalue weighted by atomic mass is 16.2. The van der Waals surface area contributed by atoms with Gasteiger partial charge in [-0.2, -0.15) is 0 Å². The van der Waals surface area contributed by atoms with E-state index in [4.69, 9.17) is 0 Å². The maximum absolute atomic E-state index is 12.2. The SMILES string of the molecule is C/C=C/CCCC(=O)N1C[C@@H]2CCCN2C(=O)[C@H]1C. The summed E-state index contributed by atoms with van der Waals surface area (Å²) < 4.78 is 0. The molecule has 2 aliphatic heterocycles. The van der Waals surface area contributed by atoms with Crippen molar-refractivity contribution in [2.75, 3.05) is 13.1 Å². The minimum atomic E-state index is -0.274. The molecule has 0 aromatic rings. The quantitative estimate of drug-likeness (QED) is 0.575. The van der Waals surface area contributed by atoms with Crippen LogP contribution >= 0.6 is 0 Å². The summed E-state index contributed by atoms with van der Waals surface area (Å²) in [5.74, 6) is 0.271. The van der Waals surface area contributed by atoms with Crippen molar-refractivity contribution in [3.63, 3.8) is 0 Å². The van der Waals surface area contributed by atoms with Crippen molar-refractivity contribution in [1.82, 2.24) is 9.80 Å². The Morgan fingerprint density at radius 2 is 2.26 bits per heavy atom. The van der Waals surface area contributed by atoms with Gasteiger partial charge in [-0.1, -0.05) is 12.2 Å². The van der Waals surface area contributed by atoms with E-state index < -0.39 is 0 Å². The highest BCUT2D eigenvalue weighted by Gasteiger charge is 2.41. The number of nitrogens with zero attached hydrogens (tertiary/aromatic N) is 2. The number of amides is 2. The van der Waals surface area contributed by atoms with Crippen molar-refractivity contribution >= 4 is 11.8 Å². The second-order valence-electron chi connectivity index (χ2n) is 5.51. The predicted octanol–water partition coefficient (Wildman–Crippen LogP) is 1.95. The standard InChI is InChI=1S/C15H24N2O2/c1-3-4-5-6-9-14(18)17-11-13-8-7-10-16(13)15(19)12(17)2/h3-4,12-13H,5-11H2,1-2H3/b4-3+/t12-,13+/m1/s1. The lowest BCUT2D eigenvalue weighted by Gasteiger charge is -2.41. The number of fused-ring (bicyclic) bond motifs is 1. The zero-order chi connectivity index (χ0) is 13.8. The smallest absolute Gasteiger partial charge is 0.245 e. The van der Waals surface area contributed by atoms with Crippen LogP contribution in [0.4, 0.5) is 0 Å². The lowest BCUT2D eigenvalue weighted by Crippen LogP contribution is -2.60. The zero-order valence-electron chi connectivity index (χ0n) is 12.0. The number of carbonyl (C=O) groups is 2. The molecule has 0 radical (unpaired) electrons. The van der Waals surface area contributed by atoms with Crippen LogP contribution in [0.1, 0.15) is 46.0 Å². The second kappa shape index (κ2) is 6.22. The summed E-state index contributed by atoms with van der Waals surface area (Å²) in [6.07, 6.45) is 8.57. The number of allylic oxidation sites excluding steroid dienone is 2. The van der Waals surface area contributed by atoms with E-state index in [1.807, 2.05) is 24.8 Å². The second-order valence-corrected chi connectivity index (χ2v) is 5.51. The first-order valence-corrected chi connectivity index (χ1v) is 7.36. The first-order chi connectivity index (χ1) is 9.15. The molecule has 2 amide bonds. The molecule has 4 nitrogen and oxygen atoms in total. The third-order valence-electron chi connectivity index (χ3n) is 4.21. The Labute approximate surface area is 115 Å². The molecule has 0 aromatic heterocycles. The monoisotopic (exact) mass is 264 g/mol. The normalized spacial score (nSPS) is 27.2. The molecule has 0 N–H and O–H groups in total. The van der Waals surface area contributed by atoms with Gasteiger partial charge < -0.3 is 9.80 Å². The van der Waals surface area contributed by atoms with Crippen LogP contribution in [0.2, 0.25) is 0 Å². The molecular weight excluding hydrogens is 240 g/mol. The first-order valence-electron chi connectivity index (χ1n) is 7.36. The fourth-order valence-corrected chi connectivity index (χ4v) is 3.07. The Bertz CT molecular complexity index is 378. The molecule has 2 heterocycles. The van der Waals surface area contributed by atoms with Crippen molar-refractivity contribution in [2.24, 2.45) is 0 Å². The van der Waals surface area contributed by atoms with Crippen LogP contribution in [0.15, 0.2) is 12.2 Å². The number of rotatable bonds is 4. The Hall–Kier alpha value is -1.32. The number of hydrogen-bond acceptors (Lipinski definition) is 2. The fraction of sp³-hybridized carbons (Fsp3) is 0.733. The van der Waals surface area contributed by atoms with Crippen LogP contribution in [0, 0.1) is 0 Å². The van der Waals surface area contributed by atoms with Gasteiger partial charge in [0.25, 0.3) is 0 Å². The van der Waals surface area contributed by atoms with Crippen molar-refractivity contribution < 1.29 is 9.59 Å². The first kappa shape index (κ1) is 14.1. The molecule has 4 heteroatoms. The average Bonchev–Trinajstić information content (AvgIpc) is 2.87. The van der Waals surface area contributed by atoms with Crippen molar-refractivity contribution in [2.45, 2.75) is 58.0 Å². The zero-order valence-corrected chi connectivity index (χ0v) is 12.0. The molecular formula is C15H24N2O2. The van der Waals surface area contributed by atoms with Gasteiger partial charge in [-0.3, -0.25) is 9.59 Å². The largest absolute Gasteiger partial charge is 0.336 e. The van der Waals surface area contributed by atoms with Crippen molar-refractivity contribution in [3.05, 3.63) is 12.2 Å². The highest BCUT2D eigenvalue weighted by molar-refractivity contribution is 5.89. The molecule has 2 fully saturated rings. The number of unbranched alkanes of at least 4 members (excludes halogenated alkanes) is 1. The molecule has 0 bridgehead atoms. The summed E-state index contributed by atoms with van der Waals surface area (Å²) >= 11 is 0. The van der Waals surface area contributed by atoms with E-state index in [1.165, 1.54) is 0 Å². The van der Waals surface area contributed by atoms with Crippen LogP contribution in [0.25, 0.3) is 0 Å². The maximum Gasteiger partial charge on any atom is 0.245 e. The van der Waals surface area contributed by atoms with E-state index in [-0.39, 0.29) is 23.9 Å². The summed E-state index contributed by atoms with van der Waals surface area (Å²) in [4.78, 5) is 28.2. The van der Waals surface area contributed by atoms with E-state index >= 15 is 0 Å². The Kier molecular flexibility index (Phi) is 4.61. The summed E-state index contributed by atoms with van der Waals surface area (Å²) in [6.45, 7) is 5.45. The van der Waals surface area contributed by atoms with Gasteiger partial charge in [0, 0.05) is 25.6 Å². The molecule has 0 aromatic carbocycles. The van der Waals surface area contributed by atoms with E-state index in [0.29, 0.717) is 6.42 Å². The summed E-state index contributed by atoms with van der Waals surface area (Å²) in [5.41, 5.74) is 0. The lowest BCUT2D eigenvalue weighted by atomic mass is 10.1. The van der Waals surface area contributed by atoms with Gasteiger partial charge >= 0.3 is 0 Å². The molecule has 0 unspecified atom stereocenters.